The number of nitrogens with zero attached hydrogens (tertiary/aromatic N) is 2. The monoisotopic (exact) mass is 276 g/mol. The van der Waals surface area contributed by atoms with E-state index in [0.717, 1.165) is 31.6 Å². The number of hydrogen-bond acceptors (Lipinski definition) is 2. The minimum Gasteiger partial charge on any atom is -0.333 e. The summed E-state index contributed by atoms with van der Waals surface area (Å²) < 4.78 is 13.2. The Bertz CT molecular complexity index is 493. The van der Waals surface area contributed by atoms with Crippen LogP contribution in [0.5, 0.6) is 0 Å². The molecule has 0 radical (unpaired) electrons. The molecule has 3 rings (SSSR count). The van der Waals surface area contributed by atoms with E-state index in [1.54, 1.807) is 6.07 Å². The van der Waals surface area contributed by atoms with Gasteiger partial charge >= 0.3 is 0 Å². The van der Waals surface area contributed by atoms with Gasteiger partial charge in [-0.1, -0.05) is 6.92 Å². The SMILES string of the molecule is CC1CCC(N(C(=O)c2ccnc(F)c2)C2CC2)CC1. The number of hydrogen-bond donors (Lipinski definition) is 0. The number of halogens is 1. The van der Waals surface area contributed by atoms with E-state index in [1.807, 2.05) is 4.90 Å². The second-order valence-corrected chi connectivity index (χ2v) is 6.22. The predicted octanol–water partition coefficient (Wildman–Crippen LogP) is 3.40. The van der Waals surface area contributed by atoms with E-state index >= 15 is 0 Å². The molecular formula is C16H21FN2O. The number of carbonyl (C=O) groups excluding carboxylic acids is 1. The largest absolute Gasteiger partial charge is 0.333 e. The lowest BCUT2D eigenvalue weighted by Crippen LogP contribution is -2.43. The standard InChI is InChI=1S/C16H21FN2O/c1-11-2-4-13(5-3-11)19(14-6-7-14)16(20)12-8-9-18-15(17)10-12/h8-11,13-14H,2-7H2,1H3. The molecule has 20 heavy (non-hydrogen) atoms. The second kappa shape index (κ2) is 5.51. The normalized spacial score (nSPS) is 26.3. The third-order valence-electron chi connectivity index (χ3n) is 4.53. The number of rotatable bonds is 3. The topological polar surface area (TPSA) is 33.2 Å². The first-order valence-electron chi connectivity index (χ1n) is 7.59. The smallest absolute Gasteiger partial charge is 0.254 e. The van der Waals surface area contributed by atoms with E-state index in [2.05, 4.69) is 11.9 Å². The number of amides is 1. The summed E-state index contributed by atoms with van der Waals surface area (Å²) in [4.78, 5) is 18.2. The van der Waals surface area contributed by atoms with Gasteiger partial charge in [-0.25, -0.2) is 4.98 Å². The Morgan fingerprint density at radius 1 is 1.20 bits per heavy atom. The predicted molar refractivity (Wildman–Crippen MR) is 74.8 cm³/mol. The average Bonchev–Trinajstić information content (AvgIpc) is 3.26. The van der Waals surface area contributed by atoms with Crippen molar-refractivity contribution in [1.29, 1.82) is 0 Å². The van der Waals surface area contributed by atoms with Crippen LogP contribution in [0.25, 0.3) is 0 Å². The number of carbonyl (C=O) groups is 1. The van der Waals surface area contributed by atoms with Gasteiger partial charge in [-0.15, -0.1) is 0 Å². The van der Waals surface area contributed by atoms with Gasteiger partial charge in [-0.2, -0.15) is 4.39 Å². The van der Waals surface area contributed by atoms with Crippen LogP contribution in [0.15, 0.2) is 18.3 Å². The molecule has 0 N–H and O–H groups in total. The van der Waals surface area contributed by atoms with Gasteiger partial charge in [0, 0.05) is 29.9 Å². The van der Waals surface area contributed by atoms with E-state index in [0.29, 0.717) is 17.6 Å². The Hall–Kier alpha value is -1.45. The van der Waals surface area contributed by atoms with Crippen LogP contribution in [0, 0.1) is 11.9 Å². The van der Waals surface area contributed by atoms with Crippen LogP contribution < -0.4 is 0 Å². The molecule has 1 heterocycles. The Balaban J connectivity index is 1.78. The third kappa shape index (κ3) is 2.84. The molecule has 108 valence electrons. The zero-order valence-electron chi connectivity index (χ0n) is 11.9. The second-order valence-electron chi connectivity index (χ2n) is 6.22. The van der Waals surface area contributed by atoms with Crippen LogP contribution in [-0.2, 0) is 0 Å². The van der Waals surface area contributed by atoms with Gasteiger partial charge in [0.2, 0.25) is 5.95 Å². The summed E-state index contributed by atoms with van der Waals surface area (Å²) in [6.07, 6.45) is 8.08. The molecule has 0 aromatic carbocycles. The summed E-state index contributed by atoms with van der Waals surface area (Å²) in [6.45, 7) is 2.28. The first kappa shape index (κ1) is 13.5. The fourth-order valence-corrected chi connectivity index (χ4v) is 3.19. The van der Waals surface area contributed by atoms with Crippen molar-refractivity contribution in [3.8, 4) is 0 Å². The molecule has 0 atom stereocenters. The molecular weight excluding hydrogens is 255 g/mol. The van der Waals surface area contributed by atoms with Crippen molar-refractivity contribution in [2.75, 3.05) is 0 Å². The molecule has 1 amide bonds. The highest BCUT2D eigenvalue weighted by molar-refractivity contribution is 5.94. The van der Waals surface area contributed by atoms with Gasteiger partial charge in [0.1, 0.15) is 0 Å². The molecule has 2 saturated carbocycles. The Labute approximate surface area is 119 Å². The maximum atomic E-state index is 13.2. The Morgan fingerprint density at radius 3 is 2.35 bits per heavy atom. The van der Waals surface area contributed by atoms with Gasteiger partial charge in [0.15, 0.2) is 0 Å². The van der Waals surface area contributed by atoms with Crippen LogP contribution >= 0.6 is 0 Å². The van der Waals surface area contributed by atoms with Crippen molar-refractivity contribution in [1.82, 2.24) is 9.88 Å². The summed E-state index contributed by atoms with van der Waals surface area (Å²) in [5.74, 6) is 0.165. The molecule has 4 heteroatoms. The fraction of sp³-hybridized carbons (Fsp3) is 0.625. The van der Waals surface area contributed by atoms with E-state index in [4.69, 9.17) is 0 Å². The van der Waals surface area contributed by atoms with Crippen molar-refractivity contribution in [3.05, 3.63) is 29.8 Å². The summed E-state index contributed by atoms with van der Waals surface area (Å²) in [5.41, 5.74) is 0.433. The molecule has 0 unspecified atom stereocenters. The summed E-state index contributed by atoms with van der Waals surface area (Å²) in [5, 5.41) is 0. The third-order valence-corrected chi connectivity index (χ3v) is 4.53. The summed E-state index contributed by atoms with van der Waals surface area (Å²) in [7, 11) is 0. The van der Waals surface area contributed by atoms with Crippen LogP contribution in [0.4, 0.5) is 4.39 Å². The van der Waals surface area contributed by atoms with E-state index in [-0.39, 0.29) is 5.91 Å². The Morgan fingerprint density at radius 2 is 1.80 bits per heavy atom. The molecule has 3 nitrogen and oxygen atoms in total. The van der Waals surface area contributed by atoms with Gasteiger partial charge in [0.05, 0.1) is 0 Å². The van der Waals surface area contributed by atoms with E-state index in [1.165, 1.54) is 25.1 Å². The van der Waals surface area contributed by atoms with Crippen molar-refractivity contribution >= 4 is 5.91 Å². The van der Waals surface area contributed by atoms with Crippen molar-refractivity contribution in [2.24, 2.45) is 5.92 Å². The van der Waals surface area contributed by atoms with E-state index < -0.39 is 5.95 Å². The minimum atomic E-state index is -0.580. The van der Waals surface area contributed by atoms with E-state index in [9.17, 15) is 9.18 Å². The molecule has 1 aromatic rings. The molecule has 2 aliphatic carbocycles. The molecule has 1 aromatic heterocycles. The highest BCUT2D eigenvalue weighted by Gasteiger charge is 2.38. The quantitative estimate of drug-likeness (QED) is 0.793. The average molecular weight is 276 g/mol. The lowest BCUT2D eigenvalue weighted by atomic mass is 9.86. The number of aromatic nitrogens is 1. The molecule has 2 fully saturated rings. The van der Waals surface area contributed by atoms with Gasteiger partial charge in [0.25, 0.3) is 5.91 Å². The Kier molecular flexibility index (Phi) is 3.72. The minimum absolute atomic E-state index is 0.0200. The lowest BCUT2D eigenvalue weighted by Gasteiger charge is -2.36. The molecule has 0 spiro atoms. The first-order chi connectivity index (χ1) is 9.65. The van der Waals surface area contributed by atoms with Crippen LogP contribution in [0.2, 0.25) is 0 Å². The molecule has 0 bridgehead atoms. The molecule has 0 aliphatic heterocycles. The summed E-state index contributed by atoms with van der Waals surface area (Å²) in [6, 6.07) is 3.58. The maximum absolute atomic E-state index is 13.2. The van der Waals surface area contributed by atoms with Crippen molar-refractivity contribution < 1.29 is 9.18 Å². The van der Waals surface area contributed by atoms with Gasteiger partial charge in [-0.3, -0.25) is 4.79 Å². The van der Waals surface area contributed by atoms with Gasteiger partial charge in [-0.05, 0) is 50.5 Å². The van der Waals surface area contributed by atoms with Crippen LogP contribution in [-0.4, -0.2) is 27.9 Å². The van der Waals surface area contributed by atoms with Crippen molar-refractivity contribution in [3.63, 3.8) is 0 Å². The summed E-state index contributed by atoms with van der Waals surface area (Å²) >= 11 is 0. The highest BCUT2D eigenvalue weighted by atomic mass is 19.1. The highest BCUT2D eigenvalue weighted by Crippen LogP contribution is 2.36. The van der Waals surface area contributed by atoms with Gasteiger partial charge < -0.3 is 4.90 Å². The van der Waals surface area contributed by atoms with Crippen LogP contribution in [0.1, 0.15) is 55.8 Å². The maximum Gasteiger partial charge on any atom is 0.254 e. The molecule has 2 aliphatic rings. The lowest BCUT2D eigenvalue weighted by molar-refractivity contribution is 0.0592. The zero-order valence-corrected chi connectivity index (χ0v) is 11.9. The van der Waals surface area contributed by atoms with Crippen LogP contribution in [0.3, 0.4) is 0 Å². The number of pyridine rings is 1. The van der Waals surface area contributed by atoms with Crippen molar-refractivity contribution in [2.45, 2.75) is 57.5 Å². The molecule has 0 saturated heterocycles. The zero-order chi connectivity index (χ0) is 14.1. The first-order valence-corrected chi connectivity index (χ1v) is 7.59. The fourth-order valence-electron chi connectivity index (χ4n) is 3.19.